The summed E-state index contributed by atoms with van der Waals surface area (Å²) in [7, 11) is -2.46. The Morgan fingerprint density at radius 2 is 1.64 bits per heavy atom. The van der Waals surface area contributed by atoms with Gasteiger partial charge in [0.25, 0.3) is 0 Å². The van der Waals surface area contributed by atoms with Crippen LogP contribution in [0.3, 0.4) is 0 Å². The molecule has 5 nitrogen and oxygen atoms in total. The molecular weight excluding hydrogens is 359 g/mol. The molecule has 0 aromatic heterocycles. The van der Waals surface area contributed by atoms with Crippen molar-refractivity contribution >= 4 is 10.0 Å². The molecule has 0 amide bonds. The minimum Gasteiger partial charge on any atom is -0.496 e. The monoisotopic (exact) mass is 375 g/mol. The van der Waals surface area contributed by atoms with Crippen molar-refractivity contribution in [2.75, 3.05) is 7.11 Å². The summed E-state index contributed by atoms with van der Waals surface area (Å²) in [5, 5.41) is 0. The third-order valence-corrected chi connectivity index (χ3v) is 4.86. The molecule has 1 N–H and O–H groups in total. The molecule has 0 aliphatic carbocycles. The van der Waals surface area contributed by atoms with Crippen LogP contribution in [-0.2, 0) is 10.0 Å². The number of sulfonamides is 1. The van der Waals surface area contributed by atoms with Crippen molar-refractivity contribution in [3.8, 4) is 11.5 Å². The van der Waals surface area contributed by atoms with E-state index in [0.29, 0.717) is 11.3 Å². The second kappa shape index (κ2) is 7.32. The second-order valence-electron chi connectivity index (χ2n) is 5.10. The van der Waals surface area contributed by atoms with Crippen LogP contribution in [0.1, 0.15) is 18.5 Å². The Morgan fingerprint density at radius 3 is 2.20 bits per heavy atom. The molecule has 0 saturated heterocycles. The van der Waals surface area contributed by atoms with Gasteiger partial charge in [0.2, 0.25) is 10.0 Å². The minimum atomic E-state index is -4.84. The highest BCUT2D eigenvalue weighted by atomic mass is 32.2. The number of nitrogens with one attached hydrogen (secondary N) is 1. The number of ether oxygens (including phenoxy) is 2. The van der Waals surface area contributed by atoms with Crippen LogP contribution in [0.25, 0.3) is 0 Å². The quantitative estimate of drug-likeness (QED) is 0.837. The Balaban J connectivity index is 2.18. The normalized spacial score (nSPS) is 13.3. The van der Waals surface area contributed by atoms with Gasteiger partial charge in [0.15, 0.2) is 0 Å². The van der Waals surface area contributed by atoms with Gasteiger partial charge in [-0.3, -0.25) is 0 Å². The average molecular weight is 375 g/mol. The maximum atomic E-state index is 12.4. The minimum absolute atomic E-state index is 0.177. The molecule has 136 valence electrons. The number of rotatable bonds is 6. The van der Waals surface area contributed by atoms with E-state index < -0.39 is 28.2 Å². The van der Waals surface area contributed by atoms with Crippen LogP contribution >= 0.6 is 0 Å². The maximum Gasteiger partial charge on any atom is 0.573 e. The summed E-state index contributed by atoms with van der Waals surface area (Å²) in [6.07, 6.45) is -4.84. The molecule has 2 aromatic carbocycles. The van der Waals surface area contributed by atoms with Crippen molar-refractivity contribution in [3.63, 3.8) is 0 Å². The summed E-state index contributed by atoms with van der Waals surface area (Å²) in [6, 6.07) is 10.3. The van der Waals surface area contributed by atoms with Gasteiger partial charge in [-0.2, -0.15) is 0 Å². The van der Waals surface area contributed by atoms with Gasteiger partial charge in [-0.15, -0.1) is 13.2 Å². The SMILES string of the molecule is COc1ccccc1C(C)NS(=O)(=O)c1ccc(OC(F)(F)F)cc1. The molecule has 2 rings (SSSR count). The van der Waals surface area contributed by atoms with Crippen LogP contribution in [0, 0.1) is 0 Å². The Morgan fingerprint density at radius 1 is 1.04 bits per heavy atom. The molecule has 1 atom stereocenters. The molecule has 0 spiro atoms. The zero-order valence-electron chi connectivity index (χ0n) is 13.4. The van der Waals surface area contributed by atoms with E-state index in [9.17, 15) is 21.6 Å². The van der Waals surface area contributed by atoms with E-state index in [0.717, 1.165) is 24.3 Å². The highest BCUT2D eigenvalue weighted by Crippen LogP contribution is 2.27. The van der Waals surface area contributed by atoms with Gasteiger partial charge in [0.05, 0.1) is 12.0 Å². The summed E-state index contributed by atoms with van der Waals surface area (Å²) < 4.78 is 72.6. The molecule has 1 unspecified atom stereocenters. The summed E-state index contributed by atoms with van der Waals surface area (Å²) in [4.78, 5) is -0.177. The lowest BCUT2D eigenvalue weighted by atomic mass is 10.1. The fourth-order valence-electron chi connectivity index (χ4n) is 2.21. The smallest absolute Gasteiger partial charge is 0.496 e. The third-order valence-electron chi connectivity index (χ3n) is 3.30. The van der Waals surface area contributed by atoms with E-state index in [1.54, 1.807) is 31.2 Å². The predicted molar refractivity (Wildman–Crippen MR) is 84.9 cm³/mol. The van der Waals surface area contributed by atoms with Crippen LogP contribution in [0.4, 0.5) is 13.2 Å². The first kappa shape index (κ1) is 19.1. The van der Waals surface area contributed by atoms with Crippen LogP contribution < -0.4 is 14.2 Å². The van der Waals surface area contributed by atoms with Crippen LogP contribution in [-0.4, -0.2) is 21.9 Å². The topological polar surface area (TPSA) is 64.6 Å². The van der Waals surface area contributed by atoms with Crippen molar-refractivity contribution in [2.45, 2.75) is 24.2 Å². The van der Waals surface area contributed by atoms with Crippen molar-refractivity contribution in [2.24, 2.45) is 0 Å². The van der Waals surface area contributed by atoms with E-state index >= 15 is 0 Å². The lowest BCUT2D eigenvalue weighted by Crippen LogP contribution is -2.27. The fourth-order valence-corrected chi connectivity index (χ4v) is 3.43. The summed E-state index contributed by atoms with van der Waals surface area (Å²) >= 11 is 0. The van der Waals surface area contributed by atoms with Gasteiger partial charge in [-0.05, 0) is 37.3 Å². The number of alkyl halides is 3. The number of methoxy groups -OCH3 is 1. The van der Waals surface area contributed by atoms with E-state index in [2.05, 4.69) is 9.46 Å². The standard InChI is InChI=1S/C16H16F3NO4S/c1-11(14-5-3-4-6-15(14)23-2)20-25(21,22)13-9-7-12(8-10-13)24-16(17,18)19/h3-11,20H,1-2H3. The maximum absolute atomic E-state index is 12.4. The van der Waals surface area contributed by atoms with Crippen molar-refractivity contribution in [1.82, 2.24) is 4.72 Å². The molecule has 25 heavy (non-hydrogen) atoms. The van der Waals surface area contributed by atoms with Gasteiger partial charge in [-0.25, -0.2) is 13.1 Å². The number of benzene rings is 2. The van der Waals surface area contributed by atoms with E-state index in [1.807, 2.05) is 0 Å². The molecule has 0 saturated carbocycles. The van der Waals surface area contributed by atoms with Gasteiger partial charge in [-0.1, -0.05) is 18.2 Å². The predicted octanol–water partition coefficient (Wildman–Crippen LogP) is 3.63. The summed E-state index contributed by atoms with van der Waals surface area (Å²) in [6.45, 7) is 1.64. The van der Waals surface area contributed by atoms with Gasteiger partial charge in [0, 0.05) is 11.6 Å². The first-order valence-electron chi connectivity index (χ1n) is 7.13. The first-order chi connectivity index (χ1) is 11.6. The zero-order valence-corrected chi connectivity index (χ0v) is 14.2. The van der Waals surface area contributed by atoms with Crippen LogP contribution in [0.2, 0.25) is 0 Å². The van der Waals surface area contributed by atoms with Crippen LogP contribution in [0.5, 0.6) is 11.5 Å². The Kier molecular flexibility index (Phi) is 5.58. The zero-order chi connectivity index (χ0) is 18.7. The summed E-state index contributed by atoms with van der Waals surface area (Å²) in [5.41, 5.74) is 0.630. The molecule has 0 fully saturated rings. The molecule has 2 aromatic rings. The highest BCUT2D eigenvalue weighted by molar-refractivity contribution is 7.89. The lowest BCUT2D eigenvalue weighted by molar-refractivity contribution is -0.274. The Labute approximate surface area is 143 Å². The van der Waals surface area contributed by atoms with Crippen LogP contribution in [0.15, 0.2) is 53.4 Å². The molecular formula is C16H16F3NO4S. The molecule has 0 radical (unpaired) electrons. The number of hydrogen-bond acceptors (Lipinski definition) is 4. The number of para-hydroxylation sites is 1. The Bertz CT molecular complexity index is 820. The van der Waals surface area contributed by atoms with Crippen molar-refractivity contribution in [3.05, 3.63) is 54.1 Å². The van der Waals surface area contributed by atoms with E-state index in [4.69, 9.17) is 4.74 Å². The molecule has 0 aliphatic rings. The third kappa shape index (κ3) is 5.10. The summed E-state index contributed by atoms with van der Waals surface area (Å²) in [5.74, 6) is 0.0239. The van der Waals surface area contributed by atoms with Gasteiger partial charge >= 0.3 is 6.36 Å². The lowest BCUT2D eigenvalue weighted by Gasteiger charge is -2.17. The number of hydrogen-bond donors (Lipinski definition) is 1. The number of halogens is 3. The second-order valence-corrected chi connectivity index (χ2v) is 6.82. The molecule has 0 aliphatic heterocycles. The van der Waals surface area contributed by atoms with Crippen molar-refractivity contribution < 1.29 is 31.1 Å². The van der Waals surface area contributed by atoms with E-state index in [-0.39, 0.29) is 4.90 Å². The average Bonchev–Trinajstić information content (AvgIpc) is 2.53. The highest BCUT2D eigenvalue weighted by Gasteiger charge is 2.31. The molecule has 0 bridgehead atoms. The Hall–Kier alpha value is -2.26. The van der Waals surface area contributed by atoms with E-state index in [1.165, 1.54) is 7.11 Å². The van der Waals surface area contributed by atoms with Crippen molar-refractivity contribution in [1.29, 1.82) is 0 Å². The van der Waals surface area contributed by atoms with Gasteiger partial charge in [0.1, 0.15) is 11.5 Å². The largest absolute Gasteiger partial charge is 0.573 e. The fraction of sp³-hybridized carbons (Fsp3) is 0.250. The molecule has 9 heteroatoms. The molecule has 0 heterocycles. The van der Waals surface area contributed by atoms with Gasteiger partial charge < -0.3 is 9.47 Å². The first-order valence-corrected chi connectivity index (χ1v) is 8.62.